The van der Waals surface area contributed by atoms with Gasteiger partial charge in [-0.25, -0.2) is 0 Å². The number of benzene rings is 1. The molecule has 1 aliphatic rings. The molecule has 0 radical (unpaired) electrons. The van der Waals surface area contributed by atoms with Crippen molar-refractivity contribution in [1.82, 2.24) is 4.90 Å². The van der Waals surface area contributed by atoms with Gasteiger partial charge >= 0.3 is 0 Å². The van der Waals surface area contributed by atoms with Crippen LogP contribution in [0.25, 0.3) is 6.08 Å². The minimum absolute atomic E-state index is 0.154. The van der Waals surface area contributed by atoms with Gasteiger partial charge in [-0.1, -0.05) is 37.8 Å². The maximum atomic E-state index is 12.7. The molecule has 1 aromatic carbocycles. The summed E-state index contributed by atoms with van der Waals surface area (Å²) in [5, 5.41) is 21.4. The van der Waals surface area contributed by atoms with Crippen LogP contribution in [0.4, 0.5) is 0 Å². The zero-order valence-corrected chi connectivity index (χ0v) is 16.3. The third-order valence-electron chi connectivity index (χ3n) is 3.77. The molecule has 9 heteroatoms. The normalized spacial score (nSPS) is 17.1. The highest BCUT2D eigenvalue weighted by Gasteiger charge is 2.39. The Labute approximate surface area is 160 Å². The molecule has 1 saturated heterocycles. The Morgan fingerprint density at radius 2 is 1.85 bits per heavy atom. The molecule has 1 atom stereocenters. The number of thioether (sulfide) groups is 1. The summed E-state index contributed by atoms with van der Waals surface area (Å²) in [7, 11) is 2.79. The molecule has 7 nitrogen and oxygen atoms in total. The molecule has 140 valence electrons. The van der Waals surface area contributed by atoms with Gasteiger partial charge in [0.15, 0.2) is 11.5 Å². The van der Waals surface area contributed by atoms with E-state index in [1.807, 2.05) is 0 Å². The molecule has 26 heavy (non-hydrogen) atoms. The number of rotatable bonds is 6. The third kappa shape index (κ3) is 3.78. The predicted molar refractivity (Wildman–Crippen MR) is 99.9 cm³/mol. The fourth-order valence-corrected chi connectivity index (χ4v) is 3.87. The third-order valence-corrected chi connectivity index (χ3v) is 5.10. The van der Waals surface area contributed by atoms with Crippen LogP contribution in [-0.4, -0.2) is 46.5 Å². The summed E-state index contributed by atoms with van der Waals surface area (Å²) in [6.07, 6.45) is 1.54. The van der Waals surface area contributed by atoms with Gasteiger partial charge in [-0.2, -0.15) is 0 Å². The van der Waals surface area contributed by atoms with Gasteiger partial charge in [-0.05, 0) is 29.7 Å². The molecule has 0 saturated carbocycles. The van der Waals surface area contributed by atoms with Crippen LogP contribution in [0.1, 0.15) is 19.4 Å². The Morgan fingerprint density at radius 1 is 1.31 bits per heavy atom. The monoisotopic (exact) mass is 396 g/mol. The van der Waals surface area contributed by atoms with Gasteiger partial charge in [0.1, 0.15) is 4.32 Å². The molecule has 1 fully saturated rings. The molecule has 1 N–H and O–H groups in total. The van der Waals surface area contributed by atoms with Crippen molar-refractivity contribution in [2.24, 2.45) is 5.92 Å². The van der Waals surface area contributed by atoms with Crippen LogP contribution < -0.4 is 14.6 Å². The average Bonchev–Trinajstić information content (AvgIpc) is 2.83. The van der Waals surface area contributed by atoms with E-state index in [-0.39, 0.29) is 32.4 Å². The van der Waals surface area contributed by atoms with Gasteiger partial charge in [0.25, 0.3) is 5.91 Å². The summed E-state index contributed by atoms with van der Waals surface area (Å²) in [6, 6.07) is 1.92. The summed E-state index contributed by atoms with van der Waals surface area (Å²) in [5.41, 5.74) is 0.534. The smallest absolute Gasteiger partial charge is 0.266 e. The van der Waals surface area contributed by atoms with Gasteiger partial charge in [-0.3, -0.25) is 9.69 Å². The first-order valence-corrected chi connectivity index (χ1v) is 8.86. The molecular formula is C17H18NO6S2-. The van der Waals surface area contributed by atoms with Crippen LogP contribution in [0, 0.1) is 5.92 Å². The number of hydrogen-bond acceptors (Lipinski definition) is 8. The van der Waals surface area contributed by atoms with Crippen molar-refractivity contribution in [3.63, 3.8) is 0 Å². The van der Waals surface area contributed by atoms with Crippen LogP contribution in [0.3, 0.4) is 0 Å². The second-order valence-electron chi connectivity index (χ2n) is 5.83. The molecule has 0 bridgehead atoms. The van der Waals surface area contributed by atoms with Gasteiger partial charge in [0.2, 0.25) is 5.75 Å². The van der Waals surface area contributed by atoms with Crippen LogP contribution in [-0.2, 0) is 9.59 Å². The Morgan fingerprint density at radius 3 is 2.27 bits per heavy atom. The van der Waals surface area contributed by atoms with Crippen molar-refractivity contribution in [3.8, 4) is 17.2 Å². The molecule has 0 aliphatic carbocycles. The van der Waals surface area contributed by atoms with Crippen LogP contribution in [0.15, 0.2) is 17.0 Å². The van der Waals surface area contributed by atoms with E-state index in [0.717, 1.165) is 16.7 Å². The van der Waals surface area contributed by atoms with E-state index in [0.29, 0.717) is 5.56 Å². The van der Waals surface area contributed by atoms with E-state index < -0.39 is 17.9 Å². The summed E-state index contributed by atoms with van der Waals surface area (Å²) in [6.45, 7) is 3.36. The lowest BCUT2D eigenvalue weighted by molar-refractivity contribution is -0.311. The van der Waals surface area contributed by atoms with E-state index in [4.69, 9.17) is 21.7 Å². The molecule has 0 aromatic heterocycles. The van der Waals surface area contributed by atoms with Crippen molar-refractivity contribution in [2.75, 3.05) is 14.2 Å². The Balaban J connectivity index is 2.43. The quantitative estimate of drug-likeness (QED) is 0.569. The van der Waals surface area contributed by atoms with Crippen LogP contribution >= 0.6 is 24.0 Å². The molecule has 1 aromatic rings. The minimum atomic E-state index is -1.36. The van der Waals surface area contributed by atoms with Crippen molar-refractivity contribution in [2.45, 2.75) is 19.9 Å². The lowest BCUT2D eigenvalue weighted by Gasteiger charge is -2.30. The van der Waals surface area contributed by atoms with Crippen molar-refractivity contribution in [1.29, 1.82) is 0 Å². The first kappa shape index (κ1) is 20.1. The number of ether oxygens (including phenoxy) is 2. The predicted octanol–water partition coefficient (Wildman–Crippen LogP) is 1.39. The standard InChI is InChI=1S/C17H19NO6S2/c1-8(2)13(16(21)22)18-15(20)12(26-17(18)25)7-9-5-10(23-3)14(19)11(6-9)24-4/h5-8,13,19H,1-4H3,(H,21,22)/p-1/b12-7-/t13-/m0/s1. The van der Waals surface area contributed by atoms with E-state index in [2.05, 4.69) is 0 Å². The first-order valence-electron chi connectivity index (χ1n) is 7.64. The minimum Gasteiger partial charge on any atom is -0.548 e. The highest BCUT2D eigenvalue weighted by molar-refractivity contribution is 8.26. The average molecular weight is 396 g/mol. The molecule has 1 amide bonds. The zero-order valence-electron chi connectivity index (χ0n) is 14.6. The van der Waals surface area contributed by atoms with E-state index in [9.17, 15) is 19.8 Å². The number of methoxy groups -OCH3 is 2. The van der Waals surface area contributed by atoms with E-state index >= 15 is 0 Å². The number of carbonyl (C=O) groups is 2. The summed E-state index contributed by atoms with van der Waals surface area (Å²) in [5.74, 6) is -2.02. The number of carbonyl (C=O) groups excluding carboxylic acids is 2. The van der Waals surface area contributed by atoms with Gasteiger partial charge in [0, 0.05) is 0 Å². The summed E-state index contributed by atoms with van der Waals surface area (Å²) >= 11 is 6.19. The number of hydrogen-bond donors (Lipinski definition) is 1. The van der Waals surface area contributed by atoms with Gasteiger partial charge in [0.05, 0.1) is 31.1 Å². The number of amides is 1. The van der Waals surface area contributed by atoms with Gasteiger partial charge in [-0.15, -0.1) is 0 Å². The molecule has 0 spiro atoms. The maximum absolute atomic E-state index is 12.7. The second kappa shape index (κ2) is 7.96. The van der Waals surface area contributed by atoms with E-state index in [1.165, 1.54) is 32.4 Å². The number of phenolic OH excluding ortho intramolecular Hbond substituents is 1. The topological polar surface area (TPSA) is 99.1 Å². The Kier molecular flexibility index (Phi) is 6.14. The fourth-order valence-electron chi connectivity index (χ4n) is 2.54. The lowest BCUT2D eigenvalue weighted by Crippen LogP contribution is -2.52. The number of thiocarbonyl (C=S) groups is 1. The Bertz CT molecular complexity index is 764. The molecule has 2 rings (SSSR count). The summed E-state index contributed by atoms with van der Waals surface area (Å²) < 4.78 is 10.3. The molecule has 1 heterocycles. The number of nitrogens with zero attached hydrogens (tertiary/aromatic N) is 1. The molecule has 0 unspecified atom stereocenters. The first-order chi connectivity index (χ1) is 12.2. The number of aromatic hydroxyl groups is 1. The maximum Gasteiger partial charge on any atom is 0.266 e. The zero-order chi connectivity index (χ0) is 19.6. The Hall–Kier alpha value is -2.26. The van der Waals surface area contributed by atoms with Crippen LogP contribution in [0.2, 0.25) is 0 Å². The largest absolute Gasteiger partial charge is 0.548 e. The lowest BCUT2D eigenvalue weighted by atomic mass is 10.0. The molecular weight excluding hydrogens is 378 g/mol. The number of carboxylic acids is 1. The molecule has 1 aliphatic heterocycles. The van der Waals surface area contributed by atoms with Crippen molar-refractivity contribution < 1.29 is 29.3 Å². The highest BCUT2D eigenvalue weighted by atomic mass is 32.2. The van der Waals surface area contributed by atoms with Crippen molar-refractivity contribution in [3.05, 3.63) is 22.6 Å². The van der Waals surface area contributed by atoms with E-state index in [1.54, 1.807) is 13.8 Å². The fraction of sp³-hybridized carbons (Fsp3) is 0.353. The number of phenols is 1. The highest BCUT2D eigenvalue weighted by Crippen LogP contribution is 2.40. The second-order valence-corrected chi connectivity index (χ2v) is 7.51. The van der Waals surface area contributed by atoms with Gasteiger partial charge < -0.3 is 24.5 Å². The number of aliphatic carboxylic acids is 1. The SMILES string of the molecule is COc1cc(/C=C2\SC(=S)N([C@H](C(=O)[O-])C(C)C)C2=O)cc(OC)c1O. The van der Waals surface area contributed by atoms with Crippen molar-refractivity contribution >= 4 is 46.3 Å². The summed E-state index contributed by atoms with van der Waals surface area (Å²) in [4.78, 5) is 25.5. The number of carboxylic acid groups (broad SMARTS) is 1. The van der Waals surface area contributed by atoms with Crippen LogP contribution in [0.5, 0.6) is 17.2 Å².